The third-order valence-corrected chi connectivity index (χ3v) is 10.7. The van der Waals surface area contributed by atoms with Crippen LogP contribution in [0.2, 0.25) is 0 Å². The third kappa shape index (κ3) is 4.25. The second-order valence-corrected chi connectivity index (χ2v) is 13.4. The zero-order valence-corrected chi connectivity index (χ0v) is 26.3. The fourth-order valence-electron chi connectivity index (χ4n) is 7.26. The van der Waals surface area contributed by atoms with Gasteiger partial charge in [0.05, 0.1) is 5.52 Å². The standard InChI is InChI=1S/C44H28N2S/c1-3-10-30-24-33(19-16-28(30)8-1)46(34-20-17-29-9-2-4-11-31(29)25-34)35-21-23-43-40(27-35)39-26-32(18-22-42(39)47-43)36-13-7-14-38-37-12-5-6-15-41(37)45-44(36)38/h1-27,45H. The molecule has 0 amide bonds. The molecule has 10 rings (SSSR count). The summed E-state index contributed by atoms with van der Waals surface area (Å²) in [7, 11) is 0. The number of anilines is 3. The highest BCUT2D eigenvalue weighted by molar-refractivity contribution is 7.25. The van der Waals surface area contributed by atoms with Gasteiger partial charge < -0.3 is 9.88 Å². The van der Waals surface area contributed by atoms with Gasteiger partial charge in [-0.1, -0.05) is 103 Å². The number of aromatic amines is 1. The van der Waals surface area contributed by atoms with Crippen molar-refractivity contribution in [1.82, 2.24) is 4.98 Å². The molecule has 8 aromatic carbocycles. The third-order valence-electron chi connectivity index (χ3n) is 9.55. The van der Waals surface area contributed by atoms with Gasteiger partial charge in [-0.05, 0) is 87.8 Å². The van der Waals surface area contributed by atoms with E-state index in [9.17, 15) is 0 Å². The summed E-state index contributed by atoms with van der Waals surface area (Å²) in [4.78, 5) is 6.11. The average molecular weight is 617 g/mol. The molecule has 3 heteroatoms. The molecule has 0 spiro atoms. The smallest absolute Gasteiger partial charge is 0.0544 e. The number of para-hydroxylation sites is 2. The minimum absolute atomic E-state index is 1.14. The Morgan fingerprint density at radius 2 is 0.979 bits per heavy atom. The maximum absolute atomic E-state index is 3.71. The average Bonchev–Trinajstić information content (AvgIpc) is 3.69. The molecule has 0 unspecified atom stereocenters. The van der Waals surface area contributed by atoms with E-state index >= 15 is 0 Å². The summed E-state index contributed by atoms with van der Waals surface area (Å²) in [6.45, 7) is 0. The number of nitrogens with one attached hydrogen (secondary N) is 1. The van der Waals surface area contributed by atoms with E-state index in [4.69, 9.17) is 0 Å². The van der Waals surface area contributed by atoms with E-state index in [2.05, 4.69) is 174 Å². The summed E-state index contributed by atoms with van der Waals surface area (Å²) in [6, 6.07) is 59.8. The SMILES string of the molecule is c1ccc2cc(N(c3ccc4ccccc4c3)c3ccc4sc5ccc(-c6cccc7c6[nH]c6ccccc67)cc5c4c3)ccc2c1. The zero-order chi connectivity index (χ0) is 30.9. The van der Waals surface area contributed by atoms with E-state index in [0.29, 0.717) is 0 Å². The number of H-pyrrole nitrogens is 1. The van der Waals surface area contributed by atoms with Gasteiger partial charge in [0, 0.05) is 59.1 Å². The van der Waals surface area contributed by atoms with E-state index in [1.807, 2.05) is 11.3 Å². The first-order chi connectivity index (χ1) is 23.3. The van der Waals surface area contributed by atoms with Crippen LogP contribution in [0.15, 0.2) is 164 Å². The molecule has 1 N–H and O–H groups in total. The fraction of sp³-hybridized carbons (Fsp3) is 0. The first-order valence-corrected chi connectivity index (χ1v) is 16.8. The molecular formula is C44H28N2S. The normalized spacial score (nSPS) is 11.8. The number of benzene rings is 8. The van der Waals surface area contributed by atoms with Crippen molar-refractivity contribution in [2.45, 2.75) is 0 Å². The Morgan fingerprint density at radius 3 is 1.72 bits per heavy atom. The second-order valence-electron chi connectivity index (χ2n) is 12.3. The molecule has 0 aliphatic carbocycles. The number of thiophene rings is 1. The fourth-order valence-corrected chi connectivity index (χ4v) is 8.33. The molecule has 220 valence electrons. The monoisotopic (exact) mass is 616 g/mol. The van der Waals surface area contributed by atoms with Crippen molar-refractivity contribution in [2.75, 3.05) is 4.90 Å². The van der Waals surface area contributed by atoms with Crippen LogP contribution in [-0.4, -0.2) is 4.98 Å². The quantitative estimate of drug-likeness (QED) is 0.208. The molecule has 10 aromatic rings. The Balaban J connectivity index is 1.17. The number of hydrogen-bond acceptors (Lipinski definition) is 2. The van der Waals surface area contributed by atoms with Crippen LogP contribution in [0.4, 0.5) is 17.1 Å². The number of fused-ring (bicyclic) bond motifs is 8. The van der Waals surface area contributed by atoms with Crippen LogP contribution < -0.4 is 4.90 Å². The van der Waals surface area contributed by atoms with Gasteiger partial charge in [0.25, 0.3) is 0 Å². The van der Waals surface area contributed by atoms with Crippen molar-refractivity contribution in [2.24, 2.45) is 0 Å². The van der Waals surface area contributed by atoms with E-state index in [1.54, 1.807) is 0 Å². The highest BCUT2D eigenvalue weighted by atomic mass is 32.1. The largest absolute Gasteiger partial charge is 0.354 e. The van der Waals surface area contributed by atoms with Crippen LogP contribution in [-0.2, 0) is 0 Å². The molecule has 2 heterocycles. The summed E-state index contributed by atoms with van der Waals surface area (Å²) in [5, 5.41) is 10.0. The van der Waals surface area contributed by atoms with E-state index in [0.717, 1.165) is 17.1 Å². The highest BCUT2D eigenvalue weighted by Crippen LogP contribution is 2.43. The lowest BCUT2D eigenvalue weighted by Crippen LogP contribution is -2.09. The van der Waals surface area contributed by atoms with Crippen LogP contribution in [0.1, 0.15) is 0 Å². The van der Waals surface area contributed by atoms with Crippen molar-refractivity contribution in [1.29, 1.82) is 0 Å². The lowest BCUT2D eigenvalue weighted by Gasteiger charge is -2.26. The number of rotatable bonds is 4. The number of aromatic nitrogens is 1. The molecule has 0 saturated heterocycles. The molecule has 0 radical (unpaired) electrons. The summed E-state index contributed by atoms with van der Waals surface area (Å²) in [5.74, 6) is 0. The topological polar surface area (TPSA) is 19.0 Å². The summed E-state index contributed by atoms with van der Waals surface area (Å²) >= 11 is 1.86. The van der Waals surface area contributed by atoms with Crippen LogP contribution in [0.3, 0.4) is 0 Å². The van der Waals surface area contributed by atoms with Gasteiger partial charge >= 0.3 is 0 Å². The minimum atomic E-state index is 1.14. The van der Waals surface area contributed by atoms with E-state index < -0.39 is 0 Å². The lowest BCUT2D eigenvalue weighted by atomic mass is 10.00. The molecular weight excluding hydrogens is 589 g/mol. The van der Waals surface area contributed by atoms with Crippen molar-refractivity contribution < 1.29 is 0 Å². The van der Waals surface area contributed by atoms with Gasteiger partial charge in [0.1, 0.15) is 0 Å². The molecule has 2 aromatic heterocycles. The number of nitrogens with zero attached hydrogens (tertiary/aromatic N) is 1. The first kappa shape index (κ1) is 26.3. The van der Waals surface area contributed by atoms with Crippen molar-refractivity contribution in [3.8, 4) is 11.1 Å². The van der Waals surface area contributed by atoms with Crippen LogP contribution in [0.25, 0.3) is 74.6 Å². The van der Waals surface area contributed by atoms with Crippen molar-refractivity contribution in [3.63, 3.8) is 0 Å². The Morgan fingerprint density at radius 1 is 0.404 bits per heavy atom. The molecule has 0 atom stereocenters. The van der Waals surface area contributed by atoms with Gasteiger partial charge in [0.2, 0.25) is 0 Å². The molecule has 47 heavy (non-hydrogen) atoms. The van der Waals surface area contributed by atoms with Crippen LogP contribution >= 0.6 is 11.3 Å². The van der Waals surface area contributed by atoms with Crippen LogP contribution in [0.5, 0.6) is 0 Å². The number of hydrogen-bond donors (Lipinski definition) is 1. The van der Waals surface area contributed by atoms with Gasteiger partial charge in [0.15, 0.2) is 0 Å². The predicted molar refractivity (Wildman–Crippen MR) is 204 cm³/mol. The minimum Gasteiger partial charge on any atom is -0.354 e. The van der Waals surface area contributed by atoms with Crippen molar-refractivity contribution >= 4 is 91.9 Å². The Labute approximate surface area is 275 Å². The molecule has 0 aliphatic heterocycles. The molecule has 0 bridgehead atoms. The lowest BCUT2D eigenvalue weighted by molar-refractivity contribution is 1.30. The predicted octanol–water partition coefficient (Wildman–Crippen LogP) is 13.1. The maximum Gasteiger partial charge on any atom is 0.0544 e. The molecule has 0 aliphatic rings. The van der Waals surface area contributed by atoms with Crippen LogP contribution in [0, 0.1) is 0 Å². The Kier molecular flexibility index (Phi) is 5.78. The molecule has 0 saturated carbocycles. The summed E-state index contributed by atoms with van der Waals surface area (Å²) < 4.78 is 2.59. The summed E-state index contributed by atoms with van der Waals surface area (Å²) in [6.07, 6.45) is 0. The Hall–Kier alpha value is -5.90. The maximum atomic E-state index is 3.71. The zero-order valence-electron chi connectivity index (χ0n) is 25.4. The van der Waals surface area contributed by atoms with Gasteiger partial charge in [-0.15, -0.1) is 11.3 Å². The summed E-state index contributed by atoms with van der Waals surface area (Å²) in [5.41, 5.74) is 8.24. The first-order valence-electron chi connectivity index (χ1n) is 16.0. The van der Waals surface area contributed by atoms with E-state index in [-0.39, 0.29) is 0 Å². The molecule has 0 fully saturated rings. The van der Waals surface area contributed by atoms with Gasteiger partial charge in [-0.25, -0.2) is 0 Å². The van der Waals surface area contributed by atoms with Gasteiger partial charge in [-0.2, -0.15) is 0 Å². The molecule has 2 nitrogen and oxygen atoms in total. The van der Waals surface area contributed by atoms with Crippen molar-refractivity contribution in [3.05, 3.63) is 164 Å². The van der Waals surface area contributed by atoms with E-state index in [1.165, 1.54) is 74.6 Å². The van der Waals surface area contributed by atoms with Gasteiger partial charge in [-0.3, -0.25) is 0 Å². The highest BCUT2D eigenvalue weighted by Gasteiger charge is 2.17. The second kappa shape index (κ2) is 10.3. The Bertz CT molecular complexity index is 2740.